The van der Waals surface area contributed by atoms with Gasteiger partial charge in [0.2, 0.25) is 5.91 Å². The summed E-state index contributed by atoms with van der Waals surface area (Å²) in [6, 6.07) is 10.5. The van der Waals surface area contributed by atoms with Crippen LogP contribution in [0.15, 0.2) is 59.7 Å². The molecule has 0 saturated heterocycles. The minimum atomic E-state index is -0.484. The lowest BCUT2D eigenvalue weighted by Crippen LogP contribution is -2.34. The lowest BCUT2D eigenvalue weighted by atomic mass is 9.99. The molecular weight excluding hydrogens is 359 g/mol. The van der Waals surface area contributed by atoms with Crippen LogP contribution in [0.5, 0.6) is 0 Å². The molecule has 0 fully saturated rings. The van der Waals surface area contributed by atoms with Crippen molar-refractivity contribution in [3.05, 3.63) is 82.3 Å². The van der Waals surface area contributed by atoms with Gasteiger partial charge in [0, 0.05) is 24.0 Å². The Morgan fingerprint density at radius 1 is 1.18 bits per heavy atom. The van der Waals surface area contributed by atoms with Crippen molar-refractivity contribution in [3.8, 4) is 11.4 Å². The van der Waals surface area contributed by atoms with Crippen LogP contribution in [0.4, 0.5) is 4.39 Å². The van der Waals surface area contributed by atoms with Crippen molar-refractivity contribution in [3.63, 3.8) is 0 Å². The van der Waals surface area contributed by atoms with Crippen LogP contribution < -0.4 is 10.9 Å². The van der Waals surface area contributed by atoms with Crippen LogP contribution in [-0.4, -0.2) is 20.9 Å². The minimum absolute atomic E-state index is 0.0239. The van der Waals surface area contributed by atoms with E-state index in [1.54, 1.807) is 42.7 Å². The van der Waals surface area contributed by atoms with Crippen LogP contribution in [-0.2, 0) is 11.2 Å². The van der Waals surface area contributed by atoms with Gasteiger partial charge in [0.15, 0.2) is 0 Å². The molecule has 0 aliphatic heterocycles. The second-order valence-corrected chi connectivity index (χ2v) is 6.81. The van der Waals surface area contributed by atoms with E-state index in [-0.39, 0.29) is 23.8 Å². The van der Waals surface area contributed by atoms with E-state index in [0.717, 1.165) is 0 Å². The first kappa shape index (κ1) is 19.4. The number of amides is 1. The average molecular weight is 380 g/mol. The Labute approximate surface area is 161 Å². The zero-order chi connectivity index (χ0) is 20.1. The SMILES string of the molecule is CC(C)[C@@H](NC(=O)Cc1ccccc1F)c1cc(=O)[nH]c(-c2ccncc2)n1. The van der Waals surface area contributed by atoms with E-state index in [9.17, 15) is 14.0 Å². The lowest BCUT2D eigenvalue weighted by molar-refractivity contribution is -0.121. The van der Waals surface area contributed by atoms with E-state index in [2.05, 4.69) is 20.3 Å². The number of nitrogens with zero attached hydrogens (tertiary/aromatic N) is 2. The normalized spacial score (nSPS) is 12.0. The van der Waals surface area contributed by atoms with E-state index >= 15 is 0 Å². The monoisotopic (exact) mass is 380 g/mol. The van der Waals surface area contributed by atoms with E-state index in [1.165, 1.54) is 12.1 Å². The van der Waals surface area contributed by atoms with Crippen LogP contribution in [0.1, 0.15) is 31.1 Å². The summed E-state index contributed by atoms with van der Waals surface area (Å²) in [5.74, 6) is -0.382. The Balaban J connectivity index is 1.86. The molecule has 1 amide bonds. The number of hydrogen-bond donors (Lipinski definition) is 2. The molecule has 0 radical (unpaired) electrons. The predicted octanol–water partition coefficient (Wildman–Crippen LogP) is 3.03. The minimum Gasteiger partial charge on any atom is -0.347 e. The maximum absolute atomic E-state index is 13.8. The van der Waals surface area contributed by atoms with Crippen LogP contribution in [0.25, 0.3) is 11.4 Å². The van der Waals surface area contributed by atoms with Crippen molar-refractivity contribution in [1.29, 1.82) is 0 Å². The van der Waals surface area contributed by atoms with Crippen LogP contribution >= 0.6 is 0 Å². The average Bonchev–Trinajstić information content (AvgIpc) is 2.68. The summed E-state index contributed by atoms with van der Waals surface area (Å²) in [6.45, 7) is 3.84. The Bertz CT molecular complexity index is 1020. The van der Waals surface area contributed by atoms with Gasteiger partial charge in [0.25, 0.3) is 5.56 Å². The highest BCUT2D eigenvalue weighted by Gasteiger charge is 2.22. The number of pyridine rings is 1. The molecule has 0 aliphatic carbocycles. The van der Waals surface area contributed by atoms with Gasteiger partial charge in [-0.05, 0) is 29.7 Å². The van der Waals surface area contributed by atoms with E-state index in [4.69, 9.17) is 0 Å². The smallest absolute Gasteiger partial charge is 0.251 e. The van der Waals surface area contributed by atoms with Gasteiger partial charge in [0.05, 0.1) is 18.2 Å². The first-order chi connectivity index (χ1) is 13.4. The van der Waals surface area contributed by atoms with Crippen LogP contribution in [0, 0.1) is 11.7 Å². The number of carbonyl (C=O) groups is 1. The van der Waals surface area contributed by atoms with Crippen molar-refractivity contribution < 1.29 is 9.18 Å². The molecule has 1 aromatic carbocycles. The molecule has 28 heavy (non-hydrogen) atoms. The molecule has 0 unspecified atom stereocenters. The van der Waals surface area contributed by atoms with Crippen molar-refractivity contribution in [2.75, 3.05) is 0 Å². The highest BCUT2D eigenvalue weighted by atomic mass is 19.1. The molecule has 0 spiro atoms. The second kappa shape index (κ2) is 8.56. The molecule has 1 atom stereocenters. The molecule has 0 aliphatic rings. The van der Waals surface area contributed by atoms with Crippen LogP contribution in [0.3, 0.4) is 0 Å². The molecule has 2 heterocycles. The van der Waals surface area contributed by atoms with E-state index in [1.807, 2.05) is 13.8 Å². The fraction of sp³-hybridized carbons (Fsp3) is 0.238. The first-order valence-electron chi connectivity index (χ1n) is 8.98. The fourth-order valence-corrected chi connectivity index (χ4v) is 2.90. The molecule has 6 nitrogen and oxygen atoms in total. The number of benzene rings is 1. The number of nitrogens with one attached hydrogen (secondary N) is 2. The summed E-state index contributed by atoms with van der Waals surface area (Å²) in [7, 11) is 0. The van der Waals surface area contributed by atoms with Gasteiger partial charge in [-0.25, -0.2) is 9.37 Å². The summed E-state index contributed by atoms with van der Waals surface area (Å²) < 4.78 is 13.8. The van der Waals surface area contributed by atoms with Crippen molar-refractivity contribution in [2.45, 2.75) is 26.3 Å². The van der Waals surface area contributed by atoms with Crippen LogP contribution in [0.2, 0.25) is 0 Å². The number of aromatic amines is 1. The third kappa shape index (κ3) is 4.68. The summed E-state index contributed by atoms with van der Waals surface area (Å²) in [5, 5.41) is 2.88. The number of rotatable bonds is 6. The Hall–Kier alpha value is -3.35. The maximum atomic E-state index is 13.8. The molecule has 0 saturated carbocycles. The molecular formula is C21H21FN4O2. The number of hydrogen-bond acceptors (Lipinski definition) is 4. The van der Waals surface area contributed by atoms with Gasteiger partial charge in [-0.3, -0.25) is 14.6 Å². The molecule has 3 aromatic rings. The largest absolute Gasteiger partial charge is 0.347 e. The van der Waals surface area contributed by atoms with Gasteiger partial charge in [-0.15, -0.1) is 0 Å². The number of aromatic nitrogens is 3. The molecule has 3 rings (SSSR count). The van der Waals surface area contributed by atoms with Gasteiger partial charge >= 0.3 is 0 Å². The van der Waals surface area contributed by atoms with Gasteiger partial charge in [-0.1, -0.05) is 32.0 Å². The van der Waals surface area contributed by atoms with Crippen molar-refractivity contribution >= 4 is 5.91 Å². The Morgan fingerprint density at radius 2 is 1.89 bits per heavy atom. The summed E-state index contributed by atoms with van der Waals surface area (Å²) in [4.78, 5) is 35.8. The molecule has 7 heteroatoms. The molecule has 2 N–H and O–H groups in total. The van der Waals surface area contributed by atoms with E-state index in [0.29, 0.717) is 22.6 Å². The van der Waals surface area contributed by atoms with Gasteiger partial charge in [-0.2, -0.15) is 0 Å². The summed E-state index contributed by atoms with van der Waals surface area (Å²) in [6.07, 6.45) is 3.13. The topological polar surface area (TPSA) is 87.7 Å². The quantitative estimate of drug-likeness (QED) is 0.688. The highest BCUT2D eigenvalue weighted by Crippen LogP contribution is 2.21. The zero-order valence-corrected chi connectivity index (χ0v) is 15.6. The van der Waals surface area contributed by atoms with Gasteiger partial charge < -0.3 is 10.3 Å². The standard InChI is InChI=1S/C21H21FN4O2/c1-13(2)20(25-18(27)11-15-5-3-4-6-16(15)22)17-12-19(28)26-21(24-17)14-7-9-23-10-8-14/h3-10,12-13,20H,11H2,1-2H3,(H,25,27)(H,24,26,28)/t20-/m1/s1. The number of halogens is 1. The number of carbonyl (C=O) groups excluding carboxylic acids is 1. The Kier molecular flexibility index (Phi) is 5.93. The zero-order valence-electron chi connectivity index (χ0n) is 15.6. The first-order valence-corrected chi connectivity index (χ1v) is 8.98. The third-order valence-corrected chi connectivity index (χ3v) is 4.33. The lowest BCUT2D eigenvalue weighted by Gasteiger charge is -2.22. The Morgan fingerprint density at radius 3 is 2.57 bits per heavy atom. The fourth-order valence-electron chi connectivity index (χ4n) is 2.90. The highest BCUT2D eigenvalue weighted by molar-refractivity contribution is 5.79. The van der Waals surface area contributed by atoms with Crippen molar-refractivity contribution in [2.24, 2.45) is 5.92 Å². The maximum Gasteiger partial charge on any atom is 0.251 e. The van der Waals surface area contributed by atoms with E-state index < -0.39 is 11.9 Å². The molecule has 2 aromatic heterocycles. The number of H-pyrrole nitrogens is 1. The molecule has 144 valence electrons. The predicted molar refractivity (Wildman–Crippen MR) is 104 cm³/mol. The van der Waals surface area contributed by atoms with Crippen molar-refractivity contribution in [1.82, 2.24) is 20.3 Å². The third-order valence-electron chi connectivity index (χ3n) is 4.33. The second-order valence-electron chi connectivity index (χ2n) is 6.81. The summed E-state index contributed by atoms with van der Waals surface area (Å²) >= 11 is 0. The molecule has 0 bridgehead atoms. The summed E-state index contributed by atoms with van der Waals surface area (Å²) in [5.41, 5.74) is 1.17. The van der Waals surface area contributed by atoms with Gasteiger partial charge in [0.1, 0.15) is 11.6 Å².